The maximum atomic E-state index is 13.2. The summed E-state index contributed by atoms with van der Waals surface area (Å²) >= 11 is 1.36. The van der Waals surface area contributed by atoms with Crippen molar-refractivity contribution in [2.75, 3.05) is 5.32 Å². The molecule has 0 saturated heterocycles. The van der Waals surface area contributed by atoms with E-state index >= 15 is 0 Å². The van der Waals surface area contributed by atoms with Gasteiger partial charge in [-0.3, -0.25) is 4.79 Å². The van der Waals surface area contributed by atoms with Crippen molar-refractivity contribution < 1.29 is 23.1 Å². The number of anilines is 1. The number of halogens is 3. The maximum absolute atomic E-state index is 13.2. The van der Waals surface area contributed by atoms with Gasteiger partial charge in [-0.15, -0.1) is 11.3 Å². The zero-order chi connectivity index (χ0) is 20.6. The Kier molecular flexibility index (Phi) is 4.71. The molecular formula is C21H13F3N2O2S. The molecule has 3 aromatic carbocycles. The van der Waals surface area contributed by atoms with Gasteiger partial charge in [0, 0.05) is 5.69 Å². The lowest BCUT2D eigenvalue weighted by Crippen LogP contribution is -2.18. The van der Waals surface area contributed by atoms with Gasteiger partial charge in [0.1, 0.15) is 10.8 Å². The number of nitrogens with zero attached hydrogens (tertiary/aromatic N) is 1. The summed E-state index contributed by atoms with van der Waals surface area (Å²) in [4.78, 5) is 16.9. The van der Waals surface area contributed by atoms with Crippen LogP contribution in [0.25, 0.3) is 20.8 Å². The van der Waals surface area contributed by atoms with Gasteiger partial charge in [-0.05, 0) is 42.5 Å². The van der Waals surface area contributed by atoms with E-state index in [1.165, 1.54) is 41.7 Å². The smallest absolute Gasteiger partial charge is 0.417 e. The summed E-state index contributed by atoms with van der Waals surface area (Å²) in [5.74, 6) is -0.934. The first-order valence-corrected chi connectivity index (χ1v) is 9.31. The number of aromatic nitrogens is 1. The van der Waals surface area contributed by atoms with Crippen molar-refractivity contribution in [2.45, 2.75) is 6.18 Å². The second-order valence-corrected chi connectivity index (χ2v) is 7.25. The van der Waals surface area contributed by atoms with Crippen molar-refractivity contribution >= 4 is 33.1 Å². The fraction of sp³-hybridized carbons (Fsp3) is 0.0476. The molecule has 146 valence electrons. The summed E-state index contributed by atoms with van der Waals surface area (Å²) in [5.41, 5.74) is -0.0927. The van der Waals surface area contributed by atoms with Gasteiger partial charge >= 0.3 is 6.18 Å². The first kappa shape index (κ1) is 18.9. The van der Waals surface area contributed by atoms with Crippen LogP contribution in [0.15, 0.2) is 66.7 Å². The fourth-order valence-electron chi connectivity index (χ4n) is 2.90. The Bertz CT molecular complexity index is 1190. The number of para-hydroxylation sites is 1. The molecule has 1 aromatic heterocycles. The molecule has 0 saturated carbocycles. The van der Waals surface area contributed by atoms with Gasteiger partial charge in [0.05, 0.1) is 26.9 Å². The largest absolute Gasteiger partial charge is 0.507 e. The Hall–Kier alpha value is -3.39. The van der Waals surface area contributed by atoms with Crippen molar-refractivity contribution in [1.29, 1.82) is 0 Å². The SMILES string of the molecule is O=C(Nc1ccc(O)c(-c2nc3ccccc3s2)c1)c1ccccc1C(F)(F)F. The summed E-state index contributed by atoms with van der Waals surface area (Å²) in [6.45, 7) is 0. The molecule has 0 aliphatic rings. The van der Waals surface area contributed by atoms with Gasteiger partial charge in [-0.25, -0.2) is 4.98 Å². The van der Waals surface area contributed by atoms with Gasteiger partial charge in [-0.1, -0.05) is 24.3 Å². The van der Waals surface area contributed by atoms with Crippen LogP contribution >= 0.6 is 11.3 Å². The minimum Gasteiger partial charge on any atom is -0.507 e. The summed E-state index contributed by atoms with van der Waals surface area (Å²) in [7, 11) is 0. The van der Waals surface area contributed by atoms with Crippen LogP contribution in [0, 0.1) is 0 Å². The molecule has 0 unspecified atom stereocenters. The summed E-state index contributed by atoms with van der Waals surface area (Å²) < 4.78 is 40.4. The number of hydrogen-bond donors (Lipinski definition) is 2. The average Bonchev–Trinajstić information content (AvgIpc) is 3.12. The lowest BCUT2D eigenvalue weighted by atomic mass is 10.1. The average molecular weight is 414 g/mol. The predicted octanol–water partition coefficient (Wildman–Crippen LogP) is 5.94. The Morgan fingerprint density at radius 3 is 2.48 bits per heavy atom. The first-order valence-electron chi connectivity index (χ1n) is 8.49. The van der Waals surface area contributed by atoms with Crippen molar-refractivity contribution in [3.63, 3.8) is 0 Å². The van der Waals surface area contributed by atoms with Gasteiger partial charge in [-0.2, -0.15) is 13.2 Å². The van der Waals surface area contributed by atoms with E-state index in [9.17, 15) is 23.1 Å². The third kappa shape index (κ3) is 3.79. The standard InChI is InChI=1S/C21H13F3N2O2S/c22-21(23,24)15-6-2-1-5-13(15)19(28)25-12-9-10-17(27)14(11-12)20-26-16-7-3-4-8-18(16)29-20/h1-11,27H,(H,25,28). The van der Waals surface area contributed by atoms with Crippen LogP contribution in [-0.2, 0) is 6.18 Å². The highest BCUT2D eigenvalue weighted by Crippen LogP contribution is 2.37. The Morgan fingerprint density at radius 1 is 1.00 bits per heavy atom. The van der Waals surface area contributed by atoms with Crippen LogP contribution in [0.4, 0.5) is 18.9 Å². The summed E-state index contributed by atoms with van der Waals surface area (Å²) in [6, 6.07) is 16.3. The molecule has 4 rings (SSSR count). The van der Waals surface area contributed by atoms with Crippen LogP contribution < -0.4 is 5.32 Å². The lowest BCUT2D eigenvalue weighted by Gasteiger charge is -2.13. The zero-order valence-electron chi connectivity index (χ0n) is 14.7. The summed E-state index contributed by atoms with van der Waals surface area (Å²) in [6.07, 6.45) is -4.64. The molecule has 0 spiro atoms. The van der Waals surface area contributed by atoms with Gasteiger partial charge in [0.25, 0.3) is 5.91 Å². The molecule has 4 nitrogen and oxygen atoms in total. The number of carbonyl (C=O) groups excluding carboxylic acids is 1. The van der Waals surface area contributed by atoms with Crippen LogP contribution in [0.3, 0.4) is 0 Å². The van der Waals surface area contributed by atoms with E-state index in [0.29, 0.717) is 10.6 Å². The van der Waals surface area contributed by atoms with Gasteiger partial charge in [0.2, 0.25) is 0 Å². The topological polar surface area (TPSA) is 62.2 Å². The molecule has 2 N–H and O–H groups in total. The monoisotopic (exact) mass is 414 g/mol. The minimum atomic E-state index is -4.64. The Morgan fingerprint density at radius 2 is 1.72 bits per heavy atom. The van der Waals surface area contributed by atoms with Crippen molar-refractivity contribution in [1.82, 2.24) is 4.98 Å². The Labute approximate surface area is 167 Å². The molecular weight excluding hydrogens is 401 g/mol. The number of aromatic hydroxyl groups is 1. The molecule has 0 aliphatic carbocycles. The fourth-order valence-corrected chi connectivity index (χ4v) is 3.89. The van der Waals surface area contributed by atoms with Crippen molar-refractivity contribution in [3.05, 3.63) is 77.9 Å². The van der Waals surface area contributed by atoms with Crippen LogP contribution in [-0.4, -0.2) is 16.0 Å². The lowest BCUT2D eigenvalue weighted by molar-refractivity contribution is -0.137. The van der Waals surface area contributed by atoms with Gasteiger partial charge in [0.15, 0.2) is 0 Å². The number of benzene rings is 3. The second-order valence-electron chi connectivity index (χ2n) is 6.22. The number of amides is 1. The molecule has 0 fully saturated rings. The van der Waals surface area contributed by atoms with Crippen LogP contribution in [0.1, 0.15) is 15.9 Å². The molecule has 1 amide bonds. The number of fused-ring (bicyclic) bond motifs is 1. The predicted molar refractivity (Wildman–Crippen MR) is 106 cm³/mol. The van der Waals surface area contributed by atoms with Crippen LogP contribution in [0.2, 0.25) is 0 Å². The first-order chi connectivity index (χ1) is 13.8. The van der Waals surface area contributed by atoms with E-state index in [2.05, 4.69) is 10.3 Å². The molecule has 4 aromatic rings. The Balaban J connectivity index is 1.67. The molecule has 8 heteroatoms. The van der Waals surface area contributed by atoms with E-state index < -0.39 is 23.2 Å². The van der Waals surface area contributed by atoms with Crippen molar-refractivity contribution in [2.24, 2.45) is 0 Å². The molecule has 0 bridgehead atoms. The normalized spacial score (nSPS) is 11.6. The number of phenols is 1. The van der Waals surface area contributed by atoms with Crippen molar-refractivity contribution in [3.8, 4) is 16.3 Å². The highest BCUT2D eigenvalue weighted by Gasteiger charge is 2.34. The van der Waals surface area contributed by atoms with Crippen LogP contribution in [0.5, 0.6) is 5.75 Å². The molecule has 29 heavy (non-hydrogen) atoms. The van der Waals surface area contributed by atoms with Gasteiger partial charge < -0.3 is 10.4 Å². The molecule has 0 radical (unpaired) electrons. The van der Waals surface area contributed by atoms with E-state index in [1.54, 1.807) is 0 Å². The number of thiazole rings is 1. The quantitative estimate of drug-likeness (QED) is 0.408. The zero-order valence-corrected chi connectivity index (χ0v) is 15.5. The van der Waals surface area contributed by atoms with E-state index in [1.807, 2.05) is 24.3 Å². The molecule has 0 aliphatic heterocycles. The number of rotatable bonds is 3. The number of nitrogens with one attached hydrogen (secondary N) is 1. The second kappa shape index (κ2) is 7.21. The van der Waals surface area contributed by atoms with E-state index in [0.717, 1.165) is 22.3 Å². The number of hydrogen-bond acceptors (Lipinski definition) is 4. The number of alkyl halides is 3. The highest BCUT2D eigenvalue weighted by atomic mass is 32.1. The molecule has 0 atom stereocenters. The number of carbonyl (C=O) groups is 1. The number of phenolic OH excluding ortho intramolecular Hbond substituents is 1. The van der Waals surface area contributed by atoms with E-state index in [-0.39, 0.29) is 11.4 Å². The third-order valence-corrected chi connectivity index (χ3v) is 5.33. The highest BCUT2D eigenvalue weighted by molar-refractivity contribution is 7.21. The van der Waals surface area contributed by atoms with E-state index in [4.69, 9.17) is 0 Å². The third-order valence-electron chi connectivity index (χ3n) is 4.26. The molecule has 1 heterocycles. The minimum absolute atomic E-state index is 0.0438. The maximum Gasteiger partial charge on any atom is 0.417 e. The summed E-state index contributed by atoms with van der Waals surface area (Å²) in [5, 5.41) is 13.2.